The van der Waals surface area contributed by atoms with E-state index in [1.165, 1.54) is 7.11 Å². The minimum absolute atomic E-state index is 0.239. The van der Waals surface area contributed by atoms with Gasteiger partial charge in [-0.25, -0.2) is 10.5 Å². The third-order valence-corrected chi connectivity index (χ3v) is 3.51. The molecule has 0 spiro atoms. The van der Waals surface area contributed by atoms with Crippen LogP contribution < -0.4 is 5.48 Å². The molecule has 3 aromatic rings. The summed E-state index contributed by atoms with van der Waals surface area (Å²) in [7, 11) is 1.38. The summed E-state index contributed by atoms with van der Waals surface area (Å²) in [6.45, 7) is 0. The molecule has 0 aliphatic rings. The molecule has 0 fully saturated rings. The van der Waals surface area contributed by atoms with Gasteiger partial charge >= 0.3 is 0 Å². The quantitative estimate of drug-likeness (QED) is 0.574. The van der Waals surface area contributed by atoms with E-state index in [-0.39, 0.29) is 5.69 Å². The summed E-state index contributed by atoms with van der Waals surface area (Å²) in [5.74, 6) is -0.416. The molecular formula is C20H17N3O2. The van der Waals surface area contributed by atoms with Crippen molar-refractivity contribution >= 4 is 17.3 Å². The van der Waals surface area contributed by atoms with Crippen LogP contribution in [0.4, 0.5) is 5.69 Å². The fourth-order valence-corrected chi connectivity index (χ4v) is 2.38. The van der Waals surface area contributed by atoms with Gasteiger partial charge < -0.3 is 0 Å². The molecule has 0 aliphatic carbocycles. The number of carbonyl (C=O) groups is 1. The van der Waals surface area contributed by atoms with Gasteiger partial charge in [0.1, 0.15) is 5.69 Å². The molecule has 5 heteroatoms. The van der Waals surface area contributed by atoms with Crippen molar-refractivity contribution in [1.82, 2.24) is 10.5 Å². The number of hydrogen-bond acceptors (Lipinski definition) is 4. The van der Waals surface area contributed by atoms with Crippen molar-refractivity contribution in [1.29, 1.82) is 0 Å². The Bertz CT molecular complexity index is 836. The summed E-state index contributed by atoms with van der Waals surface area (Å²) in [6.07, 6.45) is 1.55. The number of benzene rings is 2. The number of hydroxylamine groups is 1. The number of aliphatic imine (C=N–C) groups is 1. The summed E-state index contributed by atoms with van der Waals surface area (Å²) in [4.78, 5) is 25.3. The van der Waals surface area contributed by atoms with Crippen LogP contribution in [0.1, 0.15) is 21.6 Å². The molecule has 5 nitrogen and oxygen atoms in total. The normalized spacial score (nSPS) is 10.1. The molecule has 124 valence electrons. The average molecular weight is 331 g/mol. The lowest BCUT2D eigenvalue weighted by Crippen LogP contribution is -2.22. The zero-order valence-electron chi connectivity index (χ0n) is 13.7. The molecule has 1 heterocycles. The van der Waals surface area contributed by atoms with Crippen LogP contribution in [0.25, 0.3) is 0 Å². The highest BCUT2D eigenvalue weighted by molar-refractivity contribution is 6.14. The molecule has 0 radical (unpaired) electrons. The van der Waals surface area contributed by atoms with E-state index in [4.69, 9.17) is 4.99 Å². The van der Waals surface area contributed by atoms with Gasteiger partial charge in [0, 0.05) is 17.3 Å². The van der Waals surface area contributed by atoms with Gasteiger partial charge in [-0.1, -0.05) is 60.7 Å². The second-order valence-corrected chi connectivity index (χ2v) is 5.23. The van der Waals surface area contributed by atoms with Crippen LogP contribution in [0.15, 0.2) is 84.0 Å². The maximum atomic E-state index is 11.9. The van der Waals surface area contributed by atoms with Crippen LogP contribution in [0.2, 0.25) is 0 Å². The van der Waals surface area contributed by atoms with E-state index in [0.29, 0.717) is 5.69 Å². The van der Waals surface area contributed by atoms with Gasteiger partial charge in [-0.3, -0.25) is 14.6 Å². The summed E-state index contributed by atoms with van der Waals surface area (Å²) in [5, 5.41) is 0. The molecule has 1 aromatic heterocycles. The number of hydrogen-bond donors (Lipinski definition) is 1. The van der Waals surface area contributed by atoms with Crippen molar-refractivity contribution in [3.8, 4) is 0 Å². The smallest absolute Gasteiger partial charge is 0.277 e. The van der Waals surface area contributed by atoms with Gasteiger partial charge in [0.15, 0.2) is 0 Å². The number of rotatable bonds is 5. The highest BCUT2D eigenvalue weighted by Crippen LogP contribution is 2.18. The molecule has 1 N–H and O–H groups in total. The van der Waals surface area contributed by atoms with E-state index in [2.05, 4.69) is 15.3 Å². The van der Waals surface area contributed by atoms with E-state index in [0.717, 1.165) is 16.8 Å². The van der Waals surface area contributed by atoms with Crippen LogP contribution in [-0.4, -0.2) is 23.7 Å². The van der Waals surface area contributed by atoms with Crippen LogP contribution in [0.3, 0.4) is 0 Å². The van der Waals surface area contributed by atoms with Gasteiger partial charge in [-0.05, 0) is 12.1 Å². The van der Waals surface area contributed by atoms with Crippen molar-refractivity contribution in [2.45, 2.75) is 0 Å². The first-order valence-electron chi connectivity index (χ1n) is 7.77. The first kappa shape index (κ1) is 16.5. The number of nitrogens with one attached hydrogen (secondary N) is 1. The van der Waals surface area contributed by atoms with Crippen molar-refractivity contribution < 1.29 is 9.63 Å². The van der Waals surface area contributed by atoms with Crippen molar-refractivity contribution in [3.05, 3.63) is 95.8 Å². The van der Waals surface area contributed by atoms with E-state index in [1.807, 2.05) is 60.7 Å². The van der Waals surface area contributed by atoms with E-state index < -0.39 is 5.91 Å². The number of amides is 1. The highest BCUT2D eigenvalue weighted by atomic mass is 16.6. The molecular weight excluding hydrogens is 314 g/mol. The van der Waals surface area contributed by atoms with E-state index in [9.17, 15) is 4.79 Å². The van der Waals surface area contributed by atoms with Crippen molar-refractivity contribution in [2.24, 2.45) is 4.99 Å². The molecule has 0 saturated heterocycles. The summed E-state index contributed by atoms with van der Waals surface area (Å²) >= 11 is 0. The zero-order valence-corrected chi connectivity index (χ0v) is 13.7. The van der Waals surface area contributed by atoms with E-state index >= 15 is 0 Å². The minimum atomic E-state index is -0.416. The molecule has 3 rings (SSSR count). The topological polar surface area (TPSA) is 63.6 Å². The standard InChI is InChI=1S/C20H17N3O2/c1-25-23-20(24)18-14-17(12-13-21-18)22-19(15-8-4-2-5-9-15)16-10-6-3-7-11-16/h2-14H,1H3,(H,23,24). The monoisotopic (exact) mass is 331 g/mol. The molecule has 0 atom stereocenters. The molecule has 0 aliphatic heterocycles. The predicted octanol–water partition coefficient (Wildman–Crippen LogP) is 3.54. The van der Waals surface area contributed by atoms with Crippen LogP contribution in [0.5, 0.6) is 0 Å². The fourth-order valence-electron chi connectivity index (χ4n) is 2.38. The first-order chi connectivity index (χ1) is 12.3. The van der Waals surface area contributed by atoms with Crippen LogP contribution in [0, 0.1) is 0 Å². The Labute approximate surface area is 146 Å². The first-order valence-corrected chi connectivity index (χ1v) is 7.77. The second kappa shape index (κ2) is 7.99. The lowest BCUT2D eigenvalue weighted by molar-refractivity contribution is 0.0532. The second-order valence-electron chi connectivity index (χ2n) is 5.23. The fraction of sp³-hybridized carbons (Fsp3) is 0.0500. The molecule has 0 saturated carbocycles. The van der Waals surface area contributed by atoms with Gasteiger partial charge in [-0.2, -0.15) is 0 Å². The van der Waals surface area contributed by atoms with Crippen molar-refractivity contribution in [3.63, 3.8) is 0 Å². The predicted molar refractivity (Wildman–Crippen MR) is 96.9 cm³/mol. The lowest BCUT2D eigenvalue weighted by Gasteiger charge is -2.08. The van der Waals surface area contributed by atoms with E-state index in [1.54, 1.807) is 18.3 Å². The molecule has 25 heavy (non-hydrogen) atoms. The SMILES string of the molecule is CONC(=O)c1cc(N=C(c2ccccc2)c2ccccc2)ccn1. The Balaban J connectivity index is 2.05. The molecule has 0 unspecified atom stereocenters. The number of pyridine rings is 1. The van der Waals surface area contributed by atoms with Gasteiger partial charge in [0.05, 0.1) is 18.5 Å². The Morgan fingerprint density at radius 1 is 0.960 bits per heavy atom. The van der Waals surface area contributed by atoms with Gasteiger partial charge in [0.2, 0.25) is 0 Å². The highest BCUT2D eigenvalue weighted by Gasteiger charge is 2.10. The Hall–Kier alpha value is -3.31. The summed E-state index contributed by atoms with van der Waals surface area (Å²) in [6, 6.07) is 23.2. The maximum absolute atomic E-state index is 11.9. The molecule has 0 bridgehead atoms. The van der Waals surface area contributed by atoms with Crippen LogP contribution in [-0.2, 0) is 4.84 Å². The number of aromatic nitrogens is 1. The maximum Gasteiger partial charge on any atom is 0.293 e. The third-order valence-electron chi connectivity index (χ3n) is 3.51. The minimum Gasteiger partial charge on any atom is -0.277 e. The average Bonchev–Trinajstić information content (AvgIpc) is 2.68. The van der Waals surface area contributed by atoms with Crippen molar-refractivity contribution in [2.75, 3.05) is 7.11 Å². The Kier molecular flexibility index (Phi) is 5.29. The Morgan fingerprint density at radius 3 is 2.12 bits per heavy atom. The summed E-state index contributed by atoms with van der Waals surface area (Å²) < 4.78 is 0. The zero-order chi connectivity index (χ0) is 17.5. The summed E-state index contributed by atoms with van der Waals surface area (Å²) in [5.41, 5.74) is 5.95. The third kappa shape index (κ3) is 4.16. The van der Waals surface area contributed by atoms with Crippen LogP contribution >= 0.6 is 0 Å². The Morgan fingerprint density at radius 2 is 1.56 bits per heavy atom. The number of carbonyl (C=O) groups excluding carboxylic acids is 1. The molecule has 2 aromatic carbocycles. The van der Waals surface area contributed by atoms with Gasteiger partial charge in [-0.15, -0.1) is 0 Å². The largest absolute Gasteiger partial charge is 0.293 e. The molecule has 1 amide bonds. The van der Waals surface area contributed by atoms with Gasteiger partial charge in [0.25, 0.3) is 5.91 Å². The lowest BCUT2D eigenvalue weighted by atomic mass is 10.0. The number of nitrogens with zero attached hydrogens (tertiary/aromatic N) is 2.